The minimum Gasteiger partial charge on any atom is -0.398 e. The van der Waals surface area contributed by atoms with Crippen molar-refractivity contribution in [2.75, 3.05) is 5.73 Å². The molecule has 2 aromatic heterocycles. The second-order valence-electron chi connectivity index (χ2n) is 5.56. The second kappa shape index (κ2) is 7.43. The number of rotatable bonds is 2. The number of hydrogen-bond donors (Lipinski definition) is 3. The number of nitrogens with two attached hydrogens (primary N) is 2. The average Bonchev–Trinajstić information content (AvgIpc) is 3.13. The maximum atomic E-state index is 11.2. The number of carbonyl (C=O) groups is 1. The maximum absolute atomic E-state index is 11.2. The zero-order valence-electron chi connectivity index (χ0n) is 14.2. The van der Waals surface area contributed by atoms with E-state index in [1.807, 2.05) is 24.3 Å². The first kappa shape index (κ1) is 17.1. The monoisotopic (exact) mass is 346 g/mol. The zero-order chi connectivity index (χ0) is 18.5. The van der Waals surface area contributed by atoms with Gasteiger partial charge in [-0.25, -0.2) is 15.0 Å². The van der Waals surface area contributed by atoms with Crippen LogP contribution >= 0.6 is 0 Å². The number of H-pyrrole nitrogens is 1. The van der Waals surface area contributed by atoms with Crippen molar-refractivity contribution in [3.63, 3.8) is 0 Å². The van der Waals surface area contributed by atoms with E-state index in [-0.39, 0.29) is 0 Å². The standard InChI is InChI=1S/C12H12N4O.C7H6N2/c1-7-8(11(14)17)3-4-9(10(7)13)12-15-5-2-6-16-12;1-2-4-7-6(3-1)8-5-9-7/h2-6H,13H2,1H3,(H2,14,17);1-5H,(H,8,9). The molecule has 0 unspecified atom stereocenters. The molecule has 0 atom stereocenters. The minimum atomic E-state index is -0.491. The van der Waals surface area contributed by atoms with Gasteiger partial charge in [0, 0.05) is 29.2 Å². The lowest BCUT2D eigenvalue weighted by molar-refractivity contribution is 0.1000. The van der Waals surface area contributed by atoms with Gasteiger partial charge in [-0.1, -0.05) is 12.1 Å². The van der Waals surface area contributed by atoms with E-state index in [4.69, 9.17) is 11.5 Å². The molecule has 7 nitrogen and oxygen atoms in total. The number of nitrogens with zero attached hydrogens (tertiary/aromatic N) is 3. The van der Waals surface area contributed by atoms with Crippen LogP contribution in [-0.4, -0.2) is 25.8 Å². The third-order valence-electron chi connectivity index (χ3n) is 3.91. The number of hydrogen-bond acceptors (Lipinski definition) is 5. The largest absolute Gasteiger partial charge is 0.398 e. The van der Waals surface area contributed by atoms with Gasteiger partial charge in [0.1, 0.15) is 0 Å². The molecule has 4 rings (SSSR count). The Hall–Kier alpha value is -3.74. The number of para-hydroxylation sites is 2. The lowest BCUT2D eigenvalue weighted by Crippen LogP contribution is -2.14. The predicted molar refractivity (Wildman–Crippen MR) is 101 cm³/mol. The summed E-state index contributed by atoms with van der Waals surface area (Å²) in [4.78, 5) is 26.5. The SMILES string of the molecule is Cc1c(C(N)=O)ccc(-c2ncccn2)c1N.c1ccc2[nH]cnc2c1. The molecule has 2 aromatic carbocycles. The number of imidazole rings is 1. The summed E-state index contributed by atoms with van der Waals surface area (Å²) in [5, 5.41) is 0. The van der Waals surface area contributed by atoms with E-state index < -0.39 is 5.91 Å². The molecule has 0 aliphatic heterocycles. The van der Waals surface area contributed by atoms with E-state index in [9.17, 15) is 4.79 Å². The number of amides is 1. The molecule has 1 amide bonds. The number of fused-ring (bicyclic) bond motifs is 1. The number of aromatic amines is 1. The van der Waals surface area contributed by atoms with Crippen molar-refractivity contribution in [2.45, 2.75) is 6.92 Å². The normalized spacial score (nSPS) is 10.2. The van der Waals surface area contributed by atoms with Crippen LogP contribution in [0.15, 0.2) is 61.2 Å². The van der Waals surface area contributed by atoms with Gasteiger partial charge < -0.3 is 16.5 Å². The highest BCUT2D eigenvalue weighted by Gasteiger charge is 2.13. The molecule has 0 aliphatic carbocycles. The molecule has 0 spiro atoms. The Morgan fingerprint density at radius 2 is 1.73 bits per heavy atom. The highest BCUT2D eigenvalue weighted by Crippen LogP contribution is 2.27. The quantitative estimate of drug-likeness (QED) is 0.481. The number of benzene rings is 2. The summed E-state index contributed by atoms with van der Waals surface area (Å²) >= 11 is 0. The van der Waals surface area contributed by atoms with Gasteiger partial charge in [-0.3, -0.25) is 4.79 Å². The van der Waals surface area contributed by atoms with Gasteiger partial charge in [-0.05, 0) is 42.8 Å². The molecule has 0 bridgehead atoms. The van der Waals surface area contributed by atoms with Crippen molar-refractivity contribution >= 4 is 22.6 Å². The van der Waals surface area contributed by atoms with Gasteiger partial charge in [0.2, 0.25) is 5.91 Å². The van der Waals surface area contributed by atoms with Crippen molar-refractivity contribution < 1.29 is 4.79 Å². The highest BCUT2D eigenvalue weighted by molar-refractivity contribution is 5.97. The number of nitrogens with one attached hydrogen (secondary N) is 1. The number of nitrogen functional groups attached to an aromatic ring is 1. The molecule has 26 heavy (non-hydrogen) atoms. The maximum Gasteiger partial charge on any atom is 0.249 e. The fraction of sp³-hybridized carbons (Fsp3) is 0.0526. The molecular formula is C19H18N6O. The molecule has 130 valence electrons. The van der Waals surface area contributed by atoms with Crippen LogP contribution < -0.4 is 11.5 Å². The van der Waals surface area contributed by atoms with Crippen molar-refractivity contribution in [2.24, 2.45) is 5.73 Å². The Kier molecular flexibility index (Phi) is 4.89. The Bertz CT molecular complexity index is 1010. The highest BCUT2D eigenvalue weighted by atomic mass is 16.1. The average molecular weight is 346 g/mol. The van der Waals surface area contributed by atoms with Gasteiger partial charge in [0.05, 0.1) is 17.4 Å². The van der Waals surface area contributed by atoms with Crippen LogP contribution in [0.4, 0.5) is 5.69 Å². The molecule has 0 saturated heterocycles. The summed E-state index contributed by atoms with van der Waals surface area (Å²) in [5.74, 6) is 0.0406. The number of carbonyl (C=O) groups excluding carboxylic acids is 1. The van der Waals surface area contributed by atoms with Crippen LogP contribution in [-0.2, 0) is 0 Å². The smallest absolute Gasteiger partial charge is 0.249 e. The fourth-order valence-electron chi connectivity index (χ4n) is 2.51. The van der Waals surface area contributed by atoms with Crippen LogP contribution in [0.1, 0.15) is 15.9 Å². The van der Waals surface area contributed by atoms with E-state index in [1.165, 1.54) is 0 Å². The molecule has 4 aromatic rings. The summed E-state index contributed by atoms with van der Waals surface area (Å²) in [6, 6.07) is 13.0. The van der Waals surface area contributed by atoms with Crippen LogP contribution in [0, 0.1) is 6.92 Å². The van der Waals surface area contributed by atoms with E-state index in [0.29, 0.717) is 28.2 Å². The lowest BCUT2D eigenvalue weighted by atomic mass is 10.0. The Morgan fingerprint density at radius 1 is 1.00 bits per heavy atom. The first-order valence-corrected chi connectivity index (χ1v) is 7.92. The lowest BCUT2D eigenvalue weighted by Gasteiger charge is -2.09. The molecular weight excluding hydrogens is 328 g/mol. The molecule has 7 heteroatoms. The molecule has 0 aliphatic rings. The molecule has 0 fully saturated rings. The fourth-order valence-corrected chi connectivity index (χ4v) is 2.51. The topological polar surface area (TPSA) is 124 Å². The number of primary amides is 1. The van der Waals surface area contributed by atoms with Crippen LogP contribution in [0.2, 0.25) is 0 Å². The van der Waals surface area contributed by atoms with Crippen LogP contribution in [0.25, 0.3) is 22.4 Å². The zero-order valence-corrected chi connectivity index (χ0v) is 14.2. The van der Waals surface area contributed by atoms with Crippen molar-refractivity contribution in [1.82, 2.24) is 19.9 Å². The van der Waals surface area contributed by atoms with Crippen molar-refractivity contribution in [3.8, 4) is 11.4 Å². The Morgan fingerprint density at radius 3 is 2.42 bits per heavy atom. The van der Waals surface area contributed by atoms with Crippen LogP contribution in [0.5, 0.6) is 0 Å². The number of anilines is 1. The second-order valence-corrected chi connectivity index (χ2v) is 5.56. The van der Waals surface area contributed by atoms with Gasteiger partial charge >= 0.3 is 0 Å². The van der Waals surface area contributed by atoms with E-state index in [0.717, 1.165) is 11.0 Å². The third-order valence-corrected chi connectivity index (χ3v) is 3.91. The summed E-state index contributed by atoms with van der Waals surface area (Å²) in [6.07, 6.45) is 4.98. The van der Waals surface area contributed by atoms with Gasteiger partial charge in [-0.2, -0.15) is 0 Å². The first-order valence-electron chi connectivity index (χ1n) is 7.92. The summed E-state index contributed by atoms with van der Waals surface area (Å²) in [7, 11) is 0. The molecule has 0 radical (unpaired) electrons. The van der Waals surface area contributed by atoms with E-state index in [2.05, 4.69) is 19.9 Å². The Labute approximate surface area is 150 Å². The summed E-state index contributed by atoms with van der Waals surface area (Å²) in [5.41, 5.74) is 15.6. The van der Waals surface area contributed by atoms with Gasteiger partial charge in [0.25, 0.3) is 0 Å². The summed E-state index contributed by atoms with van der Waals surface area (Å²) < 4.78 is 0. The van der Waals surface area contributed by atoms with E-state index >= 15 is 0 Å². The third kappa shape index (κ3) is 3.51. The van der Waals surface area contributed by atoms with Crippen LogP contribution in [0.3, 0.4) is 0 Å². The predicted octanol–water partition coefficient (Wildman–Crippen LogP) is 2.70. The van der Waals surface area contributed by atoms with Gasteiger partial charge in [0.15, 0.2) is 5.82 Å². The van der Waals surface area contributed by atoms with Crippen molar-refractivity contribution in [3.05, 3.63) is 72.3 Å². The summed E-state index contributed by atoms with van der Waals surface area (Å²) in [6.45, 7) is 1.75. The van der Waals surface area contributed by atoms with E-state index in [1.54, 1.807) is 43.8 Å². The molecule has 5 N–H and O–H groups in total. The Balaban J connectivity index is 0.000000181. The molecule has 2 heterocycles. The van der Waals surface area contributed by atoms with Crippen molar-refractivity contribution in [1.29, 1.82) is 0 Å². The number of aromatic nitrogens is 4. The minimum absolute atomic E-state index is 0.419. The van der Waals surface area contributed by atoms with Gasteiger partial charge in [-0.15, -0.1) is 0 Å². The molecule has 0 saturated carbocycles. The first-order chi connectivity index (χ1) is 12.6.